The lowest BCUT2D eigenvalue weighted by Gasteiger charge is -2.42. The number of aldehydes is 1. The molecule has 0 radical (unpaired) electrons. The summed E-state index contributed by atoms with van der Waals surface area (Å²) < 4.78 is 20.8. The van der Waals surface area contributed by atoms with Crippen LogP contribution in [0.3, 0.4) is 0 Å². The van der Waals surface area contributed by atoms with Crippen LogP contribution in [0.15, 0.2) is 66.9 Å². The number of para-hydroxylation sites is 1. The number of benzene rings is 3. The first-order valence-electron chi connectivity index (χ1n) is 15.2. The van der Waals surface area contributed by atoms with Gasteiger partial charge in [0.05, 0.1) is 18.4 Å². The van der Waals surface area contributed by atoms with Gasteiger partial charge >= 0.3 is 0 Å². The molecule has 3 aromatic carbocycles. The highest BCUT2D eigenvalue weighted by Crippen LogP contribution is 2.36. The highest BCUT2D eigenvalue weighted by Gasteiger charge is 2.27. The number of halogens is 1. The molecule has 45 heavy (non-hydrogen) atoms. The molecule has 234 valence electrons. The Morgan fingerprint density at radius 1 is 0.956 bits per heavy atom. The summed E-state index contributed by atoms with van der Waals surface area (Å²) in [4.78, 5) is 28.1. The highest BCUT2D eigenvalue weighted by atomic mass is 19.1. The average molecular weight is 612 g/mol. The third-order valence-corrected chi connectivity index (χ3v) is 8.67. The molecule has 2 aliphatic heterocycles. The summed E-state index contributed by atoms with van der Waals surface area (Å²) in [6.45, 7) is 6.54. The van der Waals surface area contributed by atoms with Gasteiger partial charge in [-0.2, -0.15) is 4.98 Å². The second kappa shape index (κ2) is 13.5. The minimum atomic E-state index is -0.705. The van der Waals surface area contributed by atoms with Crippen molar-refractivity contribution in [1.29, 1.82) is 0 Å². The molecule has 2 saturated heterocycles. The van der Waals surface area contributed by atoms with Crippen LogP contribution in [-0.4, -0.2) is 90.6 Å². The number of carbonyl (C=O) groups excluding carboxylic acids is 1. The number of rotatable bonds is 9. The fourth-order valence-corrected chi connectivity index (χ4v) is 6.05. The number of carbonyl (C=O) groups is 1. The standard InChI is InChI=1S/C34H38FN7O3/c1-40-14-16-42(17-15-40)25-10-12-41(13-11-25)26-8-9-30(32(19-26)45-2)38-34-36-21-28(27-18-23(22-43)31(44)20-29(27)35)33(39-34)37-24-6-4-3-5-7-24/h3-9,18-22,25,44H,10-17H2,1-2H3,(H2,36,37,38,39). The van der Waals surface area contributed by atoms with Crippen molar-refractivity contribution in [3.05, 3.63) is 78.2 Å². The minimum Gasteiger partial charge on any atom is -0.507 e. The Kier molecular flexibility index (Phi) is 9.08. The zero-order valence-corrected chi connectivity index (χ0v) is 25.5. The molecule has 0 bridgehead atoms. The number of hydrogen-bond acceptors (Lipinski definition) is 10. The van der Waals surface area contributed by atoms with Crippen LogP contribution in [0.2, 0.25) is 0 Å². The number of methoxy groups -OCH3 is 1. The van der Waals surface area contributed by atoms with Gasteiger partial charge in [-0.1, -0.05) is 18.2 Å². The number of likely N-dealkylation sites (N-methyl/N-ethyl adjacent to an activating group) is 1. The van der Waals surface area contributed by atoms with Gasteiger partial charge in [-0.05, 0) is 50.2 Å². The number of phenols is 1. The number of ether oxygens (including phenoxy) is 1. The number of nitrogens with zero attached hydrogens (tertiary/aromatic N) is 5. The Hall–Kier alpha value is -4.74. The van der Waals surface area contributed by atoms with Crippen molar-refractivity contribution in [2.24, 2.45) is 0 Å². The average Bonchev–Trinajstić information content (AvgIpc) is 3.06. The largest absolute Gasteiger partial charge is 0.507 e. The fourth-order valence-electron chi connectivity index (χ4n) is 6.05. The molecule has 0 amide bonds. The van der Waals surface area contributed by atoms with Gasteiger partial charge < -0.3 is 30.3 Å². The van der Waals surface area contributed by atoms with E-state index in [4.69, 9.17) is 4.74 Å². The van der Waals surface area contributed by atoms with E-state index in [0.29, 0.717) is 35.1 Å². The topological polar surface area (TPSA) is 106 Å². The van der Waals surface area contributed by atoms with Gasteiger partial charge in [0.15, 0.2) is 6.29 Å². The van der Waals surface area contributed by atoms with E-state index in [2.05, 4.69) is 48.4 Å². The smallest absolute Gasteiger partial charge is 0.229 e. The Bertz CT molecular complexity index is 1640. The van der Waals surface area contributed by atoms with Gasteiger partial charge in [0.2, 0.25) is 5.95 Å². The molecule has 3 heterocycles. The van der Waals surface area contributed by atoms with Crippen molar-refractivity contribution in [2.75, 3.05) is 69.0 Å². The van der Waals surface area contributed by atoms with E-state index in [-0.39, 0.29) is 17.1 Å². The molecular formula is C34H38FN7O3. The van der Waals surface area contributed by atoms with Gasteiger partial charge in [-0.3, -0.25) is 9.69 Å². The summed E-state index contributed by atoms with van der Waals surface area (Å²) in [7, 11) is 3.83. The molecule has 0 saturated carbocycles. The predicted molar refractivity (Wildman–Crippen MR) is 175 cm³/mol. The number of aromatic hydroxyl groups is 1. The first-order valence-corrected chi connectivity index (χ1v) is 15.2. The van der Waals surface area contributed by atoms with Crippen LogP contribution in [0.1, 0.15) is 23.2 Å². The molecule has 0 atom stereocenters. The number of hydrogen-bond donors (Lipinski definition) is 3. The number of aromatic nitrogens is 2. The van der Waals surface area contributed by atoms with Gasteiger partial charge in [-0.25, -0.2) is 9.37 Å². The van der Waals surface area contributed by atoms with Crippen LogP contribution < -0.4 is 20.3 Å². The Balaban J connectivity index is 1.22. The molecule has 11 heteroatoms. The lowest BCUT2D eigenvalue weighted by atomic mass is 10.0. The third kappa shape index (κ3) is 6.84. The van der Waals surface area contributed by atoms with Crippen LogP contribution in [0, 0.1) is 5.82 Å². The molecule has 2 aliphatic rings. The van der Waals surface area contributed by atoms with Crippen LogP contribution in [0.25, 0.3) is 11.1 Å². The van der Waals surface area contributed by atoms with Crippen molar-refractivity contribution < 1.29 is 19.0 Å². The third-order valence-electron chi connectivity index (χ3n) is 8.67. The number of anilines is 5. The summed E-state index contributed by atoms with van der Waals surface area (Å²) in [5, 5.41) is 16.4. The van der Waals surface area contributed by atoms with E-state index >= 15 is 4.39 Å². The summed E-state index contributed by atoms with van der Waals surface area (Å²) >= 11 is 0. The summed E-state index contributed by atoms with van der Waals surface area (Å²) in [6.07, 6.45) is 4.24. The maximum Gasteiger partial charge on any atom is 0.229 e. The number of phenolic OH excluding ortho intramolecular Hbond substituents is 1. The molecule has 10 nitrogen and oxygen atoms in total. The lowest BCUT2D eigenvalue weighted by molar-refractivity contribution is 0.0982. The second-order valence-electron chi connectivity index (χ2n) is 11.5. The lowest BCUT2D eigenvalue weighted by Crippen LogP contribution is -2.52. The molecule has 0 unspecified atom stereocenters. The highest BCUT2D eigenvalue weighted by molar-refractivity contribution is 5.86. The number of piperazine rings is 1. The van der Waals surface area contributed by atoms with Gasteiger partial charge in [-0.15, -0.1) is 0 Å². The van der Waals surface area contributed by atoms with Crippen molar-refractivity contribution in [3.63, 3.8) is 0 Å². The van der Waals surface area contributed by atoms with E-state index in [9.17, 15) is 9.90 Å². The van der Waals surface area contributed by atoms with Crippen molar-refractivity contribution >= 4 is 35.1 Å². The Morgan fingerprint density at radius 2 is 1.71 bits per heavy atom. The van der Waals surface area contributed by atoms with Gasteiger partial charge in [0.25, 0.3) is 0 Å². The predicted octanol–water partition coefficient (Wildman–Crippen LogP) is 5.51. The Morgan fingerprint density at radius 3 is 2.42 bits per heavy atom. The fraction of sp³-hybridized carbons (Fsp3) is 0.324. The van der Waals surface area contributed by atoms with Crippen LogP contribution in [0.5, 0.6) is 11.5 Å². The maximum atomic E-state index is 15.0. The number of nitrogens with one attached hydrogen (secondary N) is 2. The van der Waals surface area contributed by atoms with E-state index in [1.807, 2.05) is 42.5 Å². The monoisotopic (exact) mass is 611 g/mol. The summed E-state index contributed by atoms with van der Waals surface area (Å²) in [5.74, 6) is 0.102. The SMILES string of the molecule is COc1cc(N2CCC(N3CCN(C)CC3)CC2)ccc1Nc1ncc(-c2cc(C=O)c(O)cc2F)c(Nc2ccccc2)n1. The first kappa shape index (κ1) is 30.3. The van der Waals surface area contributed by atoms with Crippen LogP contribution in [-0.2, 0) is 0 Å². The van der Waals surface area contributed by atoms with Gasteiger partial charge in [0.1, 0.15) is 23.1 Å². The molecule has 3 N–H and O–H groups in total. The summed E-state index contributed by atoms with van der Waals surface area (Å²) in [6, 6.07) is 18.3. The van der Waals surface area contributed by atoms with Crippen LogP contribution >= 0.6 is 0 Å². The molecule has 2 fully saturated rings. The van der Waals surface area contributed by atoms with E-state index in [1.165, 1.54) is 12.3 Å². The maximum absolute atomic E-state index is 15.0. The molecular weight excluding hydrogens is 573 g/mol. The normalized spacial score (nSPS) is 16.4. The van der Waals surface area contributed by atoms with Crippen LogP contribution in [0.4, 0.5) is 33.2 Å². The second-order valence-corrected chi connectivity index (χ2v) is 11.5. The van der Waals surface area contributed by atoms with Crippen molar-refractivity contribution in [3.8, 4) is 22.6 Å². The minimum absolute atomic E-state index is 0.0346. The van der Waals surface area contributed by atoms with Gasteiger partial charge in [0, 0.05) is 86.1 Å². The summed E-state index contributed by atoms with van der Waals surface area (Å²) in [5.41, 5.74) is 2.89. The quantitative estimate of drug-likeness (QED) is 0.210. The van der Waals surface area contributed by atoms with Crippen molar-refractivity contribution in [1.82, 2.24) is 19.8 Å². The molecule has 1 aromatic heterocycles. The Labute approximate surface area is 262 Å². The molecule has 0 spiro atoms. The van der Waals surface area contributed by atoms with E-state index in [0.717, 1.165) is 69.6 Å². The zero-order valence-electron chi connectivity index (χ0n) is 25.5. The number of piperidine rings is 1. The van der Waals surface area contributed by atoms with E-state index < -0.39 is 11.6 Å². The van der Waals surface area contributed by atoms with E-state index in [1.54, 1.807) is 7.11 Å². The molecule has 4 aromatic rings. The zero-order chi connectivity index (χ0) is 31.3. The molecule has 6 rings (SSSR count). The first-order chi connectivity index (χ1) is 21.9. The molecule has 0 aliphatic carbocycles. The van der Waals surface area contributed by atoms with Crippen molar-refractivity contribution in [2.45, 2.75) is 18.9 Å².